The second kappa shape index (κ2) is 7.78. The summed E-state index contributed by atoms with van der Waals surface area (Å²) < 4.78 is 4.46. The lowest BCUT2D eigenvalue weighted by Gasteiger charge is -2.06. The Labute approximate surface area is 116 Å². The normalized spacial score (nSPS) is 9.65. The minimum atomic E-state index is -0.602. The van der Waals surface area contributed by atoms with E-state index in [9.17, 15) is 14.4 Å². The van der Waals surface area contributed by atoms with Crippen LogP contribution >= 0.6 is 0 Å². The first-order valence-electron chi connectivity index (χ1n) is 6.00. The smallest absolute Gasteiger partial charge is 0.312 e. The number of urea groups is 1. The van der Waals surface area contributed by atoms with Crippen LogP contribution in [-0.2, 0) is 16.1 Å². The zero-order valence-electron chi connectivity index (χ0n) is 11.1. The Bertz CT molecular complexity index is 485. The Morgan fingerprint density at radius 2 is 1.80 bits per heavy atom. The second-order valence-electron chi connectivity index (χ2n) is 4.00. The molecule has 0 unspecified atom stereocenters. The summed E-state index contributed by atoms with van der Waals surface area (Å²) in [7, 11) is 1.29. The summed E-state index contributed by atoms with van der Waals surface area (Å²) in [5.74, 6) is -0.651. The van der Waals surface area contributed by atoms with E-state index in [0.717, 1.165) is 5.56 Å². The highest BCUT2D eigenvalue weighted by atomic mass is 16.5. The van der Waals surface area contributed by atoms with Gasteiger partial charge in [0.1, 0.15) is 0 Å². The van der Waals surface area contributed by atoms with Crippen molar-refractivity contribution in [1.82, 2.24) is 10.6 Å². The number of primary amides is 1. The number of rotatable bonds is 6. The molecule has 0 spiro atoms. The number of hydrogen-bond acceptors (Lipinski definition) is 4. The zero-order chi connectivity index (χ0) is 15.0. The number of esters is 1. The number of methoxy groups -OCH3 is 1. The highest BCUT2D eigenvalue weighted by Gasteiger charge is 2.06. The largest absolute Gasteiger partial charge is 0.469 e. The van der Waals surface area contributed by atoms with Crippen molar-refractivity contribution in [1.29, 1.82) is 0 Å². The van der Waals surface area contributed by atoms with E-state index in [0.29, 0.717) is 12.1 Å². The Morgan fingerprint density at radius 1 is 1.15 bits per heavy atom. The molecule has 0 radical (unpaired) electrons. The minimum absolute atomic E-state index is 0.128. The predicted molar refractivity (Wildman–Crippen MR) is 71.8 cm³/mol. The van der Waals surface area contributed by atoms with Gasteiger partial charge in [-0.05, 0) is 17.7 Å². The second-order valence-corrected chi connectivity index (χ2v) is 4.00. The van der Waals surface area contributed by atoms with Crippen LogP contribution in [0.15, 0.2) is 24.3 Å². The van der Waals surface area contributed by atoms with Gasteiger partial charge in [-0.15, -0.1) is 0 Å². The van der Waals surface area contributed by atoms with Gasteiger partial charge in [-0.25, -0.2) is 4.79 Å². The standard InChI is InChI=1S/C13H17N3O4/c1-20-11(17)6-7-15-12(18)10-4-2-9(3-5-10)8-16-13(14)19/h2-5H,6-8H2,1H3,(H,15,18)(H3,14,16,19). The van der Waals surface area contributed by atoms with Crippen LogP contribution in [0.2, 0.25) is 0 Å². The maximum atomic E-state index is 11.7. The van der Waals surface area contributed by atoms with Crippen LogP contribution in [0.4, 0.5) is 4.79 Å². The fourth-order valence-electron chi connectivity index (χ4n) is 1.45. The van der Waals surface area contributed by atoms with Crippen molar-refractivity contribution in [3.63, 3.8) is 0 Å². The van der Waals surface area contributed by atoms with E-state index < -0.39 is 6.03 Å². The molecule has 0 aliphatic carbocycles. The van der Waals surface area contributed by atoms with Crippen molar-refractivity contribution in [2.45, 2.75) is 13.0 Å². The minimum Gasteiger partial charge on any atom is -0.469 e. The Kier molecular flexibility index (Phi) is 6.02. The van der Waals surface area contributed by atoms with Gasteiger partial charge in [-0.2, -0.15) is 0 Å². The molecule has 4 N–H and O–H groups in total. The van der Waals surface area contributed by atoms with Gasteiger partial charge < -0.3 is 21.1 Å². The molecule has 0 saturated heterocycles. The van der Waals surface area contributed by atoms with Gasteiger partial charge in [-0.1, -0.05) is 12.1 Å². The SMILES string of the molecule is COC(=O)CCNC(=O)c1ccc(CNC(N)=O)cc1. The third-order valence-corrected chi connectivity index (χ3v) is 2.53. The van der Waals surface area contributed by atoms with Crippen molar-refractivity contribution < 1.29 is 19.1 Å². The van der Waals surface area contributed by atoms with Crippen molar-refractivity contribution in [2.75, 3.05) is 13.7 Å². The van der Waals surface area contributed by atoms with Crippen LogP contribution in [0.1, 0.15) is 22.3 Å². The molecule has 0 atom stereocenters. The molecule has 1 aromatic rings. The first-order chi connectivity index (χ1) is 9.52. The summed E-state index contributed by atoms with van der Waals surface area (Å²) in [6.07, 6.45) is 0.128. The van der Waals surface area contributed by atoms with Crippen molar-refractivity contribution >= 4 is 17.9 Å². The monoisotopic (exact) mass is 279 g/mol. The number of ether oxygens (including phenoxy) is 1. The fourth-order valence-corrected chi connectivity index (χ4v) is 1.45. The summed E-state index contributed by atoms with van der Waals surface area (Å²) in [5.41, 5.74) is 6.26. The van der Waals surface area contributed by atoms with Gasteiger partial charge in [0.05, 0.1) is 13.5 Å². The molecule has 0 bridgehead atoms. The molecule has 0 aromatic heterocycles. The molecular weight excluding hydrogens is 262 g/mol. The first-order valence-corrected chi connectivity index (χ1v) is 6.00. The number of carbonyl (C=O) groups excluding carboxylic acids is 3. The first kappa shape index (κ1) is 15.5. The van der Waals surface area contributed by atoms with E-state index in [1.54, 1.807) is 24.3 Å². The van der Waals surface area contributed by atoms with Crippen LogP contribution in [0.5, 0.6) is 0 Å². The molecular formula is C13H17N3O4. The molecule has 0 aliphatic heterocycles. The lowest BCUT2D eigenvalue weighted by atomic mass is 10.1. The summed E-state index contributed by atoms with van der Waals surface area (Å²) in [4.78, 5) is 33.2. The summed E-state index contributed by atoms with van der Waals surface area (Å²) in [6.45, 7) is 0.524. The number of carbonyl (C=O) groups is 3. The maximum Gasteiger partial charge on any atom is 0.312 e. The van der Waals surface area contributed by atoms with Crippen molar-refractivity contribution in [2.24, 2.45) is 5.73 Å². The van der Waals surface area contributed by atoms with Crippen LogP contribution in [0, 0.1) is 0 Å². The third kappa shape index (κ3) is 5.38. The van der Waals surface area contributed by atoms with E-state index in [1.807, 2.05) is 0 Å². The fraction of sp³-hybridized carbons (Fsp3) is 0.308. The number of hydrogen-bond donors (Lipinski definition) is 3. The van der Waals surface area contributed by atoms with E-state index in [4.69, 9.17) is 5.73 Å². The topological polar surface area (TPSA) is 111 Å². The molecule has 7 nitrogen and oxygen atoms in total. The molecule has 108 valence electrons. The summed E-state index contributed by atoms with van der Waals surface area (Å²) in [5, 5.41) is 5.05. The van der Waals surface area contributed by atoms with E-state index >= 15 is 0 Å². The number of nitrogens with one attached hydrogen (secondary N) is 2. The summed E-state index contributed by atoms with van der Waals surface area (Å²) in [6, 6.07) is 6.09. The third-order valence-electron chi connectivity index (χ3n) is 2.53. The Balaban J connectivity index is 2.44. The average Bonchev–Trinajstić information content (AvgIpc) is 2.45. The van der Waals surface area contributed by atoms with Gasteiger partial charge in [-0.3, -0.25) is 9.59 Å². The highest BCUT2D eigenvalue weighted by molar-refractivity contribution is 5.94. The lowest BCUT2D eigenvalue weighted by molar-refractivity contribution is -0.140. The molecule has 0 aliphatic rings. The average molecular weight is 279 g/mol. The maximum absolute atomic E-state index is 11.7. The van der Waals surface area contributed by atoms with Crippen LogP contribution in [0.25, 0.3) is 0 Å². The molecule has 3 amide bonds. The van der Waals surface area contributed by atoms with E-state index in [2.05, 4.69) is 15.4 Å². The Hall–Kier alpha value is -2.57. The number of benzene rings is 1. The van der Waals surface area contributed by atoms with Gasteiger partial charge in [0.2, 0.25) is 0 Å². The Morgan fingerprint density at radius 3 is 2.35 bits per heavy atom. The molecule has 0 fully saturated rings. The molecule has 0 saturated carbocycles. The molecule has 1 aromatic carbocycles. The molecule has 1 rings (SSSR count). The van der Waals surface area contributed by atoms with E-state index in [1.165, 1.54) is 7.11 Å². The van der Waals surface area contributed by atoms with Crippen molar-refractivity contribution in [3.05, 3.63) is 35.4 Å². The van der Waals surface area contributed by atoms with Gasteiger partial charge in [0.15, 0.2) is 0 Å². The van der Waals surface area contributed by atoms with Gasteiger partial charge >= 0.3 is 12.0 Å². The van der Waals surface area contributed by atoms with Gasteiger partial charge in [0, 0.05) is 18.7 Å². The van der Waals surface area contributed by atoms with Gasteiger partial charge in [0.25, 0.3) is 5.91 Å². The van der Waals surface area contributed by atoms with Crippen molar-refractivity contribution in [3.8, 4) is 0 Å². The lowest BCUT2D eigenvalue weighted by Crippen LogP contribution is -2.28. The summed E-state index contributed by atoms with van der Waals surface area (Å²) >= 11 is 0. The number of nitrogens with two attached hydrogens (primary N) is 1. The number of amides is 3. The molecule has 7 heteroatoms. The molecule has 0 heterocycles. The van der Waals surface area contributed by atoms with Crippen LogP contribution in [0.3, 0.4) is 0 Å². The van der Waals surface area contributed by atoms with Crippen LogP contribution in [-0.4, -0.2) is 31.6 Å². The highest BCUT2D eigenvalue weighted by Crippen LogP contribution is 2.04. The zero-order valence-corrected chi connectivity index (χ0v) is 11.1. The quantitative estimate of drug-likeness (QED) is 0.643. The predicted octanol–water partition coefficient (Wildman–Crippen LogP) is 0.148. The molecule has 20 heavy (non-hydrogen) atoms. The van der Waals surface area contributed by atoms with Crippen LogP contribution < -0.4 is 16.4 Å². The van der Waals surface area contributed by atoms with E-state index in [-0.39, 0.29) is 24.8 Å².